The van der Waals surface area contributed by atoms with Crippen LogP contribution in [0.2, 0.25) is 0 Å². The highest BCUT2D eigenvalue weighted by Crippen LogP contribution is 2.53. The molecule has 0 aromatic heterocycles. The van der Waals surface area contributed by atoms with Crippen molar-refractivity contribution in [3.8, 4) is 0 Å². The molecule has 4 saturated heterocycles. The molecule has 1 aliphatic carbocycles. The highest BCUT2D eigenvalue weighted by atomic mass is 16.6. The van der Waals surface area contributed by atoms with Gasteiger partial charge in [0.15, 0.2) is 0 Å². The lowest BCUT2D eigenvalue weighted by atomic mass is 9.75. The van der Waals surface area contributed by atoms with Crippen LogP contribution in [0.1, 0.15) is 43.9 Å². The summed E-state index contributed by atoms with van der Waals surface area (Å²) >= 11 is 0. The van der Waals surface area contributed by atoms with Crippen molar-refractivity contribution in [1.29, 1.82) is 0 Å². The summed E-state index contributed by atoms with van der Waals surface area (Å²) in [5.74, 6) is 0. The van der Waals surface area contributed by atoms with Gasteiger partial charge in [-0.3, -0.25) is 0 Å². The Morgan fingerprint density at radius 2 is 1.08 bits per heavy atom. The first-order valence-corrected chi connectivity index (χ1v) is 13.6. The Balaban J connectivity index is 1.16. The number of ether oxygens (including phenoxy) is 4. The molecule has 5 atom stereocenters. The Kier molecular flexibility index (Phi) is 5.41. The standard InChI is InChI=1S/C30H38N2O4/c1-29(2)19-30(3,20-4-6-21(7-5-20)31(11-23-15-33-23)12-24-16-34-24)27-9-8-22(10-28(27)29)32(13-25-17-35-25)14-26-18-36-26/h4-10,23-26H,11-19H2,1-3H3. The van der Waals surface area contributed by atoms with E-state index in [0.29, 0.717) is 24.4 Å². The van der Waals surface area contributed by atoms with Gasteiger partial charge in [-0.2, -0.15) is 0 Å². The maximum Gasteiger partial charge on any atom is 0.0984 e. The van der Waals surface area contributed by atoms with Gasteiger partial charge in [-0.25, -0.2) is 0 Å². The number of epoxide rings is 4. The number of rotatable bonds is 11. The predicted molar refractivity (Wildman–Crippen MR) is 140 cm³/mol. The van der Waals surface area contributed by atoms with E-state index in [4.69, 9.17) is 18.9 Å². The number of hydrogen-bond acceptors (Lipinski definition) is 6. The number of hydrogen-bond donors (Lipinski definition) is 0. The van der Waals surface area contributed by atoms with Gasteiger partial charge in [-0.15, -0.1) is 0 Å². The van der Waals surface area contributed by atoms with E-state index >= 15 is 0 Å². The number of fused-ring (bicyclic) bond motifs is 1. The van der Waals surface area contributed by atoms with Crippen molar-refractivity contribution in [3.63, 3.8) is 0 Å². The molecule has 192 valence electrons. The molecule has 0 N–H and O–H groups in total. The van der Waals surface area contributed by atoms with E-state index in [0.717, 1.165) is 59.0 Å². The van der Waals surface area contributed by atoms with Gasteiger partial charge >= 0.3 is 0 Å². The second-order valence-electron chi connectivity index (χ2n) is 12.3. The van der Waals surface area contributed by atoms with E-state index in [2.05, 4.69) is 73.0 Å². The average molecular weight is 491 g/mol. The summed E-state index contributed by atoms with van der Waals surface area (Å²) < 4.78 is 22.2. The van der Waals surface area contributed by atoms with Crippen LogP contribution in [0.25, 0.3) is 0 Å². The van der Waals surface area contributed by atoms with Gasteiger partial charge in [0.2, 0.25) is 0 Å². The van der Waals surface area contributed by atoms with Crippen molar-refractivity contribution in [2.45, 2.75) is 62.4 Å². The van der Waals surface area contributed by atoms with Crippen LogP contribution in [0.3, 0.4) is 0 Å². The van der Waals surface area contributed by atoms with Gasteiger partial charge in [0.05, 0.1) is 50.8 Å². The minimum Gasteiger partial charge on any atom is -0.371 e. The van der Waals surface area contributed by atoms with Crippen LogP contribution < -0.4 is 9.80 Å². The molecule has 6 heteroatoms. The molecular weight excluding hydrogens is 452 g/mol. The van der Waals surface area contributed by atoms with Crippen LogP contribution in [0.4, 0.5) is 11.4 Å². The maximum atomic E-state index is 5.56. The Bertz CT molecular complexity index is 1090. The van der Waals surface area contributed by atoms with Crippen LogP contribution in [0.5, 0.6) is 0 Å². The Morgan fingerprint density at radius 1 is 0.639 bits per heavy atom. The van der Waals surface area contributed by atoms with Gasteiger partial charge < -0.3 is 28.7 Å². The lowest BCUT2D eigenvalue weighted by Crippen LogP contribution is -2.32. The van der Waals surface area contributed by atoms with E-state index in [1.807, 2.05) is 0 Å². The van der Waals surface area contributed by atoms with E-state index in [-0.39, 0.29) is 10.8 Å². The molecule has 5 aliphatic rings. The maximum absolute atomic E-state index is 5.56. The fraction of sp³-hybridized carbons (Fsp3) is 0.600. The van der Waals surface area contributed by atoms with Crippen LogP contribution in [0.15, 0.2) is 42.5 Å². The summed E-state index contributed by atoms with van der Waals surface area (Å²) in [4.78, 5) is 4.90. The molecule has 4 aliphatic heterocycles. The predicted octanol–water partition coefficient (Wildman–Crippen LogP) is 3.88. The third kappa shape index (κ3) is 4.65. The zero-order chi connectivity index (χ0) is 24.5. The molecule has 0 saturated carbocycles. The second kappa shape index (κ2) is 8.45. The lowest BCUT2D eigenvalue weighted by Gasteiger charge is -2.30. The molecule has 6 nitrogen and oxygen atoms in total. The normalized spacial score (nSPS) is 32.6. The van der Waals surface area contributed by atoms with Crippen molar-refractivity contribution in [1.82, 2.24) is 0 Å². The SMILES string of the molecule is CC1(C)CC(C)(c2ccc(N(CC3CO3)CC3CO3)cc2)c2ccc(N(CC3CO3)CC3CO3)cc21. The molecule has 0 radical (unpaired) electrons. The van der Waals surface area contributed by atoms with Gasteiger partial charge in [0.25, 0.3) is 0 Å². The molecule has 5 unspecified atom stereocenters. The van der Waals surface area contributed by atoms with Gasteiger partial charge in [0.1, 0.15) is 0 Å². The monoisotopic (exact) mass is 490 g/mol. The van der Waals surface area contributed by atoms with Crippen LogP contribution in [-0.4, -0.2) is 77.0 Å². The molecule has 0 amide bonds. The van der Waals surface area contributed by atoms with Crippen molar-refractivity contribution in [2.75, 3.05) is 62.4 Å². The number of nitrogens with zero attached hydrogens (tertiary/aromatic N) is 2. The smallest absolute Gasteiger partial charge is 0.0984 e. The van der Waals surface area contributed by atoms with Crippen molar-refractivity contribution < 1.29 is 18.9 Å². The summed E-state index contributed by atoms with van der Waals surface area (Å²) in [5, 5.41) is 0. The summed E-state index contributed by atoms with van der Waals surface area (Å²) in [7, 11) is 0. The largest absolute Gasteiger partial charge is 0.371 e. The van der Waals surface area contributed by atoms with E-state index in [1.165, 1.54) is 28.1 Å². The molecule has 4 fully saturated rings. The molecule has 7 rings (SSSR count). The first-order valence-electron chi connectivity index (χ1n) is 13.6. The van der Waals surface area contributed by atoms with Crippen LogP contribution in [0, 0.1) is 0 Å². The Labute approximate surface area is 214 Å². The molecule has 2 aromatic rings. The Hall–Kier alpha value is -2.12. The first-order chi connectivity index (χ1) is 17.4. The molecule has 4 heterocycles. The van der Waals surface area contributed by atoms with Crippen LogP contribution >= 0.6 is 0 Å². The fourth-order valence-corrected chi connectivity index (χ4v) is 6.39. The Morgan fingerprint density at radius 3 is 1.56 bits per heavy atom. The van der Waals surface area contributed by atoms with Crippen molar-refractivity contribution in [2.24, 2.45) is 0 Å². The van der Waals surface area contributed by atoms with Gasteiger partial charge in [0, 0.05) is 43.0 Å². The highest BCUT2D eigenvalue weighted by Gasteiger charge is 2.46. The van der Waals surface area contributed by atoms with E-state index in [1.54, 1.807) is 0 Å². The highest BCUT2D eigenvalue weighted by molar-refractivity contribution is 5.61. The van der Waals surface area contributed by atoms with Gasteiger partial charge in [-0.1, -0.05) is 39.0 Å². The third-order valence-corrected chi connectivity index (χ3v) is 8.66. The lowest BCUT2D eigenvalue weighted by molar-refractivity contribution is 0.388. The molecule has 0 spiro atoms. The summed E-state index contributed by atoms with van der Waals surface area (Å²) in [6.07, 6.45) is 2.58. The first kappa shape index (κ1) is 23.0. The summed E-state index contributed by atoms with van der Waals surface area (Å²) in [6, 6.07) is 16.5. The number of benzene rings is 2. The topological polar surface area (TPSA) is 56.6 Å². The molecular formula is C30H38N2O4. The molecule has 0 bridgehead atoms. The zero-order valence-corrected chi connectivity index (χ0v) is 21.7. The molecule has 2 aromatic carbocycles. The van der Waals surface area contributed by atoms with Gasteiger partial charge in [-0.05, 0) is 52.8 Å². The second-order valence-corrected chi connectivity index (χ2v) is 12.3. The molecule has 36 heavy (non-hydrogen) atoms. The zero-order valence-electron chi connectivity index (χ0n) is 21.7. The average Bonchev–Trinajstić information content (AvgIpc) is 3.67. The van der Waals surface area contributed by atoms with E-state index in [9.17, 15) is 0 Å². The minimum absolute atomic E-state index is 0.00995. The van der Waals surface area contributed by atoms with Crippen molar-refractivity contribution in [3.05, 3.63) is 59.2 Å². The minimum atomic E-state index is -0.00995. The summed E-state index contributed by atoms with van der Waals surface area (Å²) in [5.41, 5.74) is 6.99. The number of anilines is 2. The van der Waals surface area contributed by atoms with E-state index < -0.39 is 0 Å². The van der Waals surface area contributed by atoms with Crippen molar-refractivity contribution >= 4 is 11.4 Å². The third-order valence-electron chi connectivity index (χ3n) is 8.66. The quantitative estimate of drug-likeness (QED) is 0.446. The fourth-order valence-electron chi connectivity index (χ4n) is 6.39. The van der Waals surface area contributed by atoms with Crippen LogP contribution in [-0.2, 0) is 29.8 Å². The summed E-state index contributed by atoms with van der Waals surface area (Å²) in [6.45, 7) is 14.6.